The zero-order valence-electron chi connectivity index (χ0n) is 12.5. The molecule has 0 saturated carbocycles. The van der Waals surface area contributed by atoms with Gasteiger partial charge in [-0.2, -0.15) is 4.98 Å². The minimum absolute atomic E-state index is 0.0932. The molecule has 0 aliphatic heterocycles. The first-order chi connectivity index (χ1) is 10.9. The number of anilines is 1. The summed E-state index contributed by atoms with van der Waals surface area (Å²) in [6.07, 6.45) is 0.433. The van der Waals surface area contributed by atoms with Gasteiger partial charge >= 0.3 is 0 Å². The molecule has 120 valence electrons. The van der Waals surface area contributed by atoms with Gasteiger partial charge in [-0.05, 0) is 24.1 Å². The molecule has 0 saturated heterocycles. The maximum Gasteiger partial charge on any atom is 0.250 e. The van der Waals surface area contributed by atoms with Gasteiger partial charge in [0.1, 0.15) is 0 Å². The molecule has 0 bridgehead atoms. The quantitative estimate of drug-likeness (QED) is 0.722. The molecule has 0 radical (unpaired) electrons. The first kappa shape index (κ1) is 16.2. The average Bonchev–Trinajstić information content (AvgIpc) is 2.98. The molecule has 0 spiro atoms. The van der Waals surface area contributed by atoms with Gasteiger partial charge in [0.2, 0.25) is 16.8 Å². The van der Waals surface area contributed by atoms with E-state index in [1.807, 2.05) is 25.3 Å². The van der Waals surface area contributed by atoms with Crippen LogP contribution in [0.5, 0.6) is 0 Å². The van der Waals surface area contributed by atoms with Crippen molar-refractivity contribution in [3.8, 4) is 11.3 Å². The van der Waals surface area contributed by atoms with Crippen molar-refractivity contribution in [1.82, 2.24) is 14.6 Å². The summed E-state index contributed by atoms with van der Waals surface area (Å²) in [5.41, 5.74) is 1.62. The number of aromatic nitrogens is 3. The van der Waals surface area contributed by atoms with Gasteiger partial charge in [-0.1, -0.05) is 37.0 Å². The molecule has 2 heterocycles. The smallest absolute Gasteiger partial charge is 0.250 e. The number of carbonyl (C=O) groups excluding carboxylic acids is 1. The molecule has 1 aromatic carbocycles. The van der Waals surface area contributed by atoms with Crippen LogP contribution in [-0.4, -0.2) is 20.5 Å². The lowest BCUT2D eigenvalue weighted by Crippen LogP contribution is -2.14. The van der Waals surface area contributed by atoms with Crippen molar-refractivity contribution in [3.63, 3.8) is 0 Å². The number of hydrogen-bond acceptors (Lipinski definition) is 4. The van der Waals surface area contributed by atoms with Crippen LogP contribution in [0.2, 0.25) is 10.0 Å². The summed E-state index contributed by atoms with van der Waals surface area (Å²) in [5.74, 6) is 0.486. The van der Waals surface area contributed by atoms with Gasteiger partial charge in [0, 0.05) is 22.4 Å². The number of carbonyl (C=O) groups is 1. The molecule has 0 atom stereocenters. The minimum Gasteiger partial charge on any atom is -0.293 e. The summed E-state index contributed by atoms with van der Waals surface area (Å²) in [5, 5.41) is 10.1. The van der Waals surface area contributed by atoms with Gasteiger partial charge in [0.05, 0.1) is 10.7 Å². The molecule has 3 aromatic rings. The van der Waals surface area contributed by atoms with E-state index in [9.17, 15) is 4.79 Å². The number of nitrogens with one attached hydrogen (secondary N) is 1. The van der Waals surface area contributed by atoms with E-state index in [1.54, 1.807) is 16.6 Å². The van der Waals surface area contributed by atoms with Crippen molar-refractivity contribution < 1.29 is 4.79 Å². The van der Waals surface area contributed by atoms with E-state index in [1.165, 1.54) is 11.3 Å². The largest absolute Gasteiger partial charge is 0.293 e. The predicted molar refractivity (Wildman–Crippen MR) is 94.4 cm³/mol. The average molecular weight is 369 g/mol. The topological polar surface area (TPSA) is 59.3 Å². The highest BCUT2D eigenvalue weighted by Crippen LogP contribution is 2.33. The van der Waals surface area contributed by atoms with Gasteiger partial charge in [-0.15, -0.1) is 16.4 Å². The Balaban J connectivity index is 1.93. The van der Waals surface area contributed by atoms with E-state index in [0.717, 1.165) is 11.3 Å². The van der Waals surface area contributed by atoms with E-state index in [2.05, 4.69) is 15.4 Å². The summed E-state index contributed by atoms with van der Waals surface area (Å²) >= 11 is 13.6. The molecule has 1 amide bonds. The molecule has 3 rings (SSSR count). The van der Waals surface area contributed by atoms with Crippen molar-refractivity contribution in [2.45, 2.75) is 20.3 Å². The van der Waals surface area contributed by atoms with E-state index in [0.29, 0.717) is 27.4 Å². The van der Waals surface area contributed by atoms with Gasteiger partial charge in [0.15, 0.2) is 0 Å². The second-order valence-corrected chi connectivity index (χ2v) is 7.20. The number of hydrogen-bond donors (Lipinski definition) is 1. The Morgan fingerprint density at radius 1 is 1.39 bits per heavy atom. The third-order valence-electron chi connectivity index (χ3n) is 3.13. The number of benzene rings is 1. The number of fused-ring (bicyclic) bond motifs is 1. The van der Waals surface area contributed by atoms with Crippen LogP contribution in [0.1, 0.15) is 20.3 Å². The normalized spacial score (nSPS) is 11.3. The van der Waals surface area contributed by atoms with Crippen LogP contribution in [0.25, 0.3) is 16.2 Å². The fourth-order valence-electron chi connectivity index (χ4n) is 2.16. The maximum absolute atomic E-state index is 11.8. The first-order valence-electron chi connectivity index (χ1n) is 7.03. The predicted octanol–water partition coefficient (Wildman–Crippen LogP) is 4.75. The van der Waals surface area contributed by atoms with Crippen molar-refractivity contribution in [2.24, 2.45) is 5.92 Å². The molecule has 2 aromatic heterocycles. The van der Waals surface area contributed by atoms with Crippen LogP contribution in [-0.2, 0) is 4.79 Å². The fourth-order valence-corrected chi connectivity index (χ4v) is 3.49. The number of thiazole rings is 1. The number of nitrogens with zero attached hydrogens (tertiary/aromatic N) is 3. The molecule has 0 aliphatic carbocycles. The minimum atomic E-state index is -0.0932. The Morgan fingerprint density at radius 2 is 2.17 bits per heavy atom. The van der Waals surface area contributed by atoms with Crippen LogP contribution < -0.4 is 5.32 Å². The highest BCUT2D eigenvalue weighted by molar-refractivity contribution is 7.15. The number of amides is 1. The monoisotopic (exact) mass is 368 g/mol. The summed E-state index contributed by atoms with van der Waals surface area (Å²) in [7, 11) is 0. The zero-order chi connectivity index (χ0) is 16.6. The van der Waals surface area contributed by atoms with Crippen LogP contribution >= 0.6 is 34.5 Å². The van der Waals surface area contributed by atoms with Crippen molar-refractivity contribution in [3.05, 3.63) is 33.6 Å². The lowest BCUT2D eigenvalue weighted by atomic mass is 10.1. The summed E-state index contributed by atoms with van der Waals surface area (Å²) in [6.45, 7) is 3.97. The third-order valence-corrected chi connectivity index (χ3v) is 4.50. The Kier molecular flexibility index (Phi) is 4.57. The van der Waals surface area contributed by atoms with Gasteiger partial charge in [-0.3, -0.25) is 10.1 Å². The standard InChI is InChI=1S/C15H14Cl2N4OS/c1-8(2)5-13(22)18-14-19-15-21(20-14)12(7-23-15)10-4-3-9(16)6-11(10)17/h3-4,6-8H,5H2,1-2H3,(H,18,20,22). The van der Waals surface area contributed by atoms with E-state index >= 15 is 0 Å². The maximum atomic E-state index is 11.8. The molecular weight excluding hydrogens is 355 g/mol. The molecule has 5 nitrogen and oxygen atoms in total. The molecule has 0 aliphatic rings. The highest BCUT2D eigenvalue weighted by Gasteiger charge is 2.15. The Morgan fingerprint density at radius 3 is 2.87 bits per heavy atom. The molecular formula is C15H14Cl2N4OS. The highest BCUT2D eigenvalue weighted by atomic mass is 35.5. The molecule has 1 N–H and O–H groups in total. The third kappa shape index (κ3) is 3.49. The van der Waals surface area contributed by atoms with Crippen LogP contribution in [0.3, 0.4) is 0 Å². The lowest BCUT2D eigenvalue weighted by molar-refractivity contribution is -0.116. The van der Waals surface area contributed by atoms with Crippen LogP contribution in [0.15, 0.2) is 23.6 Å². The van der Waals surface area contributed by atoms with Gasteiger partial charge in [-0.25, -0.2) is 4.52 Å². The molecule has 0 unspecified atom stereocenters. The summed E-state index contributed by atoms with van der Waals surface area (Å²) < 4.78 is 1.67. The number of rotatable bonds is 4. The molecule has 8 heteroatoms. The lowest BCUT2D eigenvalue weighted by Gasteiger charge is -2.04. The SMILES string of the molecule is CC(C)CC(=O)Nc1nc2scc(-c3ccc(Cl)cc3Cl)n2n1. The summed E-state index contributed by atoms with van der Waals surface area (Å²) in [6, 6.07) is 5.30. The first-order valence-corrected chi connectivity index (χ1v) is 8.67. The van der Waals surface area contributed by atoms with E-state index in [-0.39, 0.29) is 11.8 Å². The molecule has 0 fully saturated rings. The second-order valence-electron chi connectivity index (χ2n) is 5.52. The number of halogens is 2. The van der Waals surface area contributed by atoms with Gasteiger partial charge in [0.25, 0.3) is 0 Å². The van der Waals surface area contributed by atoms with Crippen molar-refractivity contribution in [2.75, 3.05) is 5.32 Å². The Labute approximate surface area is 147 Å². The van der Waals surface area contributed by atoms with Crippen LogP contribution in [0, 0.1) is 5.92 Å². The fraction of sp³-hybridized carbons (Fsp3) is 0.267. The van der Waals surface area contributed by atoms with E-state index in [4.69, 9.17) is 23.2 Å². The van der Waals surface area contributed by atoms with Crippen molar-refractivity contribution in [1.29, 1.82) is 0 Å². The zero-order valence-corrected chi connectivity index (χ0v) is 14.8. The summed E-state index contributed by atoms with van der Waals surface area (Å²) in [4.78, 5) is 16.8. The Hall–Kier alpha value is -1.63. The van der Waals surface area contributed by atoms with E-state index < -0.39 is 0 Å². The van der Waals surface area contributed by atoms with Crippen LogP contribution in [0.4, 0.5) is 5.95 Å². The van der Waals surface area contributed by atoms with Gasteiger partial charge < -0.3 is 0 Å². The Bertz CT molecular complexity index is 872. The molecule has 23 heavy (non-hydrogen) atoms. The second kappa shape index (κ2) is 6.47. The van der Waals surface area contributed by atoms with Crippen molar-refractivity contribution >= 4 is 51.4 Å².